The molecule has 1 aliphatic rings. The summed E-state index contributed by atoms with van der Waals surface area (Å²) in [4.78, 5) is 11.5. The largest absolute Gasteiger partial charge is 0.480 e. The number of nitrogens with zero attached hydrogens (tertiary/aromatic N) is 2. The third-order valence-electron chi connectivity index (χ3n) is 3.22. The molecule has 0 radical (unpaired) electrons. The third kappa shape index (κ3) is 3.42. The molecule has 19 heavy (non-hydrogen) atoms. The molecule has 0 aliphatic heterocycles. The van der Waals surface area contributed by atoms with Crippen molar-refractivity contribution in [2.24, 2.45) is 0 Å². The van der Waals surface area contributed by atoms with E-state index in [2.05, 4.69) is 15.5 Å². The fraction of sp³-hybridized carbons (Fsp3) is 0.727. The molecule has 1 heterocycles. The average Bonchev–Trinajstić information content (AvgIpc) is 2.98. The molecular weight excluding hydrogens is 302 g/mol. The fourth-order valence-electron chi connectivity index (χ4n) is 2.34. The molecule has 0 spiro atoms. The summed E-state index contributed by atoms with van der Waals surface area (Å²) < 4.78 is 1.89. The zero-order valence-corrected chi connectivity index (χ0v) is 13.3. The number of hydrogen-bond donors (Lipinski definition) is 2. The predicted octanol–water partition coefficient (Wildman–Crippen LogP) is 2.34. The van der Waals surface area contributed by atoms with Crippen LogP contribution in [0, 0.1) is 0 Å². The molecule has 1 aliphatic carbocycles. The topological polar surface area (TPSA) is 75.1 Å². The number of nitrogens with one attached hydrogen (secondary N) is 1. The van der Waals surface area contributed by atoms with Crippen molar-refractivity contribution < 1.29 is 9.90 Å². The minimum Gasteiger partial charge on any atom is -0.480 e. The first-order valence-electron chi connectivity index (χ1n) is 6.12. The van der Waals surface area contributed by atoms with Gasteiger partial charge in [-0.25, -0.2) is 0 Å². The van der Waals surface area contributed by atoms with Gasteiger partial charge < -0.3 is 10.4 Å². The van der Waals surface area contributed by atoms with Crippen molar-refractivity contribution in [1.29, 1.82) is 0 Å². The molecular formula is C11H17N3O2S3. The van der Waals surface area contributed by atoms with E-state index in [-0.39, 0.29) is 0 Å². The molecule has 1 saturated carbocycles. The van der Waals surface area contributed by atoms with Crippen LogP contribution in [0.4, 0.5) is 0 Å². The molecule has 1 aromatic heterocycles. The molecule has 106 valence electrons. The Labute approximate surface area is 125 Å². The first kappa shape index (κ1) is 15.1. The van der Waals surface area contributed by atoms with E-state index in [9.17, 15) is 9.90 Å². The van der Waals surface area contributed by atoms with Gasteiger partial charge in [0.15, 0.2) is 8.68 Å². The van der Waals surface area contributed by atoms with Crippen molar-refractivity contribution >= 4 is 40.8 Å². The van der Waals surface area contributed by atoms with Gasteiger partial charge in [0, 0.05) is 5.25 Å². The van der Waals surface area contributed by atoms with E-state index in [4.69, 9.17) is 0 Å². The number of likely N-dealkylation sites (N-methyl/N-ethyl adjacent to an activating group) is 1. The summed E-state index contributed by atoms with van der Waals surface area (Å²) in [6.45, 7) is 2.62. The van der Waals surface area contributed by atoms with E-state index in [1.165, 1.54) is 0 Å². The van der Waals surface area contributed by atoms with Gasteiger partial charge in [-0.3, -0.25) is 4.79 Å². The number of carbonyl (C=O) groups is 1. The van der Waals surface area contributed by atoms with Gasteiger partial charge in [0.25, 0.3) is 0 Å². The lowest BCUT2D eigenvalue weighted by Gasteiger charge is -2.25. The Morgan fingerprint density at radius 3 is 2.89 bits per heavy atom. The summed E-state index contributed by atoms with van der Waals surface area (Å²) in [6, 6.07) is 0. The van der Waals surface area contributed by atoms with Crippen LogP contribution >= 0.6 is 34.9 Å². The Bertz CT molecular complexity index is 454. The van der Waals surface area contributed by atoms with Crippen molar-refractivity contribution in [2.45, 2.75) is 45.7 Å². The van der Waals surface area contributed by atoms with Gasteiger partial charge in [-0.15, -0.1) is 10.2 Å². The number of rotatable bonds is 6. The summed E-state index contributed by atoms with van der Waals surface area (Å²) in [5, 5.41) is 21.1. The molecule has 2 atom stereocenters. The number of aliphatic carboxylic acids is 1. The van der Waals surface area contributed by atoms with Crippen LogP contribution in [0.2, 0.25) is 0 Å². The van der Waals surface area contributed by atoms with Crippen LogP contribution in [0.3, 0.4) is 0 Å². The Balaban J connectivity index is 1.99. The zero-order chi connectivity index (χ0) is 13.9. The van der Waals surface area contributed by atoms with E-state index in [1.54, 1.807) is 34.9 Å². The molecule has 2 N–H and O–H groups in total. The highest BCUT2D eigenvalue weighted by Crippen LogP contribution is 2.41. The van der Waals surface area contributed by atoms with E-state index in [0.29, 0.717) is 24.6 Å². The van der Waals surface area contributed by atoms with Crippen LogP contribution in [0.15, 0.2) is 8.68 Å². The summed E-state index contributed by atoms with van der Waals surface area (Å²) in [6.07, 6.45) is 4.21. The second-order valence-electron chi connectivity index (χ2n) is 4.44. The first-order valence-corrected chi connectivity index (χ1v) is 9.04. The SMILES string of the molecule is CCNC1(C(=O)O)CCC(Sc2nnc(SC)s2)C1. The highest BCUT2D eigenvalue weighted by molar-refractivity contribution is 8.03. The number of carboxylic acids is 1. The molecule has 2 unspecified atom stereocenters. The monoisotopic (exact) mass is 319 g/mol. The minimum atomic E-state index is -0.751. The molecule has 2 rings (SSSR count). The van der Waals surface area contributed by atoms with Crippen molar-refractivity contribution in [3.8, 4) is 0 Å². The Hall–Kier alpha value is -0.310. The number of carboxylic acid groups (broad SMARTS) is 1. The van der Waals surface area contributed by atoms with Crippen molar-refractivity contribution in [1.82, 2.24) is 15.5 Å². The van der Waals surface area contributed by atoms with E-state index in [1.807, 2.05) is 13.2 Å². The first-order chi connectivity index (χ1) is 9.09. The number of hydrogen-bond acceptors (Lipinski definition) is 7. The highest BCUT2D eigenvalue weighted by atomic mass is 32.2. The molecule has 0 aromatic carbocycles. The van der Waals surface area contributed by atoms with Crippen LogP contribution in [0.1, 0.15) is 26.2 Å². The average molecular weight is 319 g/mol. The van der Waals surface area contributed by atoms with Gasteiger partial charge in [0.2, 0.25) is 0 Å². The minimum absolute atomic E-state index is 0.304. The molecule has 0 amide bonds. The van der Waals surface area contributed by atoms with E-state index < -0.39 is 11.5 Å². The molecule has 1 aromatic rings. The summed E-state index contributed by atoms with van der Waals surface area (Å²) >= 11 is 4.82. The van der Waals surface area contributed by atoms with Gasteiger partial charge in [0.1, 0.15) is 5.54 Å². The second kappa shape index (κ2) is 6.43. The molecule has 0 saturated heterocycles. The summed E-state index contributed by atoms with van der Waals surface area (Å²) in [7, 11) is 0. The van der Waals surface area contributed by atoms with E-state index >= 15 is 0 Å². The number of aromatic nitrogens is 2. The third-order valence-corrected chi connectivity index (χ3v) is 6.47. The molecule has 8 heteroatoms. The van der Waals surface area contributed by atoms with Crippen molar-refractivity contribution in [3.63, 3.8) is 0 Å². The standard InChI is InChI=1S/C11H17N3O2S3/c1-3-12-11(8(15)16)5-4-7(6-11)18-10-14-13-9(17-2)19-10/h7,12H,3-6H2,1-2H3,(H,15,16). The molecule has 0 bridgehead atoms. The highest BCUT2D eigenvalue weighted by Gasteiger charge is 2.45. The Kier molecular flexibility index (Phi) is 5.10. The van der Waals surface area contributed by atoms with Crippen LogP contribution in [0.5, 0.6) is 0 Å². The van der Waals surface area contributed by atoms with Crippen LogP contribution in [0.25, 0.3) is 0 Å². The lowest BCUT2D eigenvalue weighted by atomic mass is 9.98. The van der Waals surface area contributed by atoms with Crippen molar-refractivity contribution in [3.05, 3.63) is 0 Å². The van der Waals surface area contributed by atoms with Gasteiger partial charge in [0.05, 0.1) is 0 Å². The van der Waals surface area contributed by atoms with Gasteiger partial charge >= 0.3 is 5.97 Å². The lowest BCUT2D eigenvalue weighted by molar-refractivity contribution is -0.144. The van der Waals surface area contributed by atoms with Gasteiger partial charge in [-0.1, -0.05) is 41.8 Å². The normalized spacial score (nSPS) is 26.7. The Morgan fingerprint density at radius 2 is 2.32 bits per heavy atom. The predicted molar refractivity (Wildman–Crippen MR) is 79.2 cm³/mol. The second-order valence-corrected chi connectivity index (χ2v) is 8.02. The maximum absolute atomic E-state index is 11.5. The smallest absolute Gasteiger partial charge is 0.323 e. The Morgan fingerprint density at radius 1 is 1.58 bits per heavy atom. The summed E-state index contributed by atoms with van der Waals surface area (Å²) in [5.74, 6) is -0.737. The van der Waals surface area contributed by atoms with Crippen LogP contribution in [-0.4, -0.2) is 44.9 Å². The zero-order valence-electron chi connectivity index (χ0n) is 10.9. The summed E-state index contributed by atoms with van der Waals surface area (Å²) in [5.41, 5.74) is -0.751. The van der Waals surface area contributed by atoms with Crippen LogP contribution in [-0.2, 0) is 4.79 Å². The molecule has 5 nitrogen and oxygen atoms in total. The fourth-order valence-corrected chi connectivity index (χ4v) is 5.32. The van der Waals surface area contributed by atoms with Gasteiger partial charge in [-0.2, -0.15) is 0 Å². The number of thioether (sulfide) groups is 2. The van der Waals surface area contributed by atoms with Crippen LogP contribution < -0.4 is 5.32 Å². The van der Waals surface area contributed by atoms with E-state index in [0.717, 1.165) is 15.1 Å². The molecule has 1 fully saturated rings. The van der Waals surface area contributed by atoms with Gasteiger partial charge in [-0.05, 0) is 32.1 Å². The quantitative estimate of drug-likeness (QED) is 0.779. The maximum Gasteiger partial charge on any atom is 0.323 e. The van der Waals surface area contributed by atoms with Crippen molar-refractivity contribution in [2.75, 3.05) is 12.8 Å². The lowest BCUT2D eigenvalue weighted by Crippen LogP contribution is -2.50. The maximum atomic E-state index is 11.5.